The molecule has 1 atom stereocenters. The Bertz CT molecular complexity index is 902. The molecule has 6 heteroatoms. The molecule has 0 saturated carbocycles. The van der Waals surface area contributed by atoms with Crippen LogP contribution in [0.3, 0.4) is 0 Å². The van der Waals surface area contributed by atoms with Crippen molar-refractivity contribution in [3.8, 4) is 0 Å². The van der Waals surface area contributed by atoms with Gasteiger partial charge in [-0.3, -0.25) is 9.78 Å². The average Bonchev–Trinajstić information content (AvgIpc) is 3.12. The van der Waals surface area contributed by atoms with E-state index in [0.717, 1.165) is 41.8 Å². The summed E-state index contributed by atoms with van der Waals surface area (Å²) in [6.07, 6.45) is 5.98. The highest BCUT2D eigenvalue weighted by Gasteiger charge is 2.30. The van der Waals surface area contributed by atoms with Crippen molar-refractivity contribution >= 4 is 16.9 Å². The van der Waals surface area contributed by atoms with Crippen molar-refractivity contribution < 1.29 is 4.79 Å². The van der Waals surface area contributed by atoms with E-state index in [1.807, 2.05) is 41.4 Å². The number of imidazole rings is 1. The molecule has 0 fully saturated rings. The number of aromatic nitrogens is 3. The normalized spacial score (nSPS) is 16.3. The minimum Gasteiger partial charge on any atom is -0.340 e. The van der Waals surface area contributed by atoms with Gasteiger partial charge in [0.25, 0.3) is 0 Å². The number of fused-ring (bicyclic) bond motifs is 2. The number of rotatable bonds is 6. The molecule has 3 N–H and O–H groups in total. The van der Waals surface area contributed by atoms with Crippen LogP contribution in [0.4, 0.5) is 0 Å². The first-order valence-electron chi connectivity index (χ1n) is 9.63. The molecule has 1 aliphatic rings. The van der Waals surface area contributed by atoms with E-state index < -0.39 is 0 Å². The van der Waals surface area contributed by atoms with Crippen LogP contribution in [-0.2, 0) is 17.8 Å². The molecule has 1 aliphatic carbocycles. The number of nitrogens with zero attached hydrogens (tertiary/aromatic N) is 3. The van der Waals surface area contributed by atoms with Crippen LogP contribution in [0.2, 0.25) is 0 Å². The highest BCUT2D eigenvalue weighted by molar-refractivity contribution is 5.77. The molecule has 27 heavy (non-hydrogen) atoms. The third kappa shape index (κ3) is 3.71. The lowest BCUT2D eigenvalue weighted by Gasteiger charge is -2.34. The summed E-state index contributed by atoms with van der Waals surface area (Å²) in [6, 6.07) is 12.0. The first-order valence-corrected chi connectivity index (χ1v) is 9.63. The molecule has 1 unspecified atom stereocenters. The van der Waals surface area contributed by atoms with Crippen LogP contribution in [-0.4, -0.2) is 32.3 Å². The number of hydrogen-bond acceptors (Lipinski definition) is 4. The van der Waals surface area contributed by atoms with Crippen molar-refractivity contribution in [3.63, 3.8) is 0 Å². The van der Waals surface area contributed by atoms with E-state index in [1.165, 1.54) is 5.56 Å². The van der Waals surface area contributed by atoms with Gasteiger partial charge < -0.3 is 15.6 Å². The number of amides is 1. The second kappa shape index (κ2) is 7.88. The first kappa shape index (κ1) is 17.7. The highest BCUT2D eigenvalue weighted by atomic mass is 16.2. The SMILES string of the molecule is NCCCC(=O)N(Cc1nc2ccccc2[nH]1)C1CCCc2cccnc21. The summed E-state index contributed by atoms with van der Waals surface area (Å²) < 4.78 is 0. The van der Waals surface area contributed by atoms with Gasteiger partial charge in [0.2, 0.25) is 5.91 Å². The van der Waals surface area contributed by atoms with Crippen molar-refractivity contribution in [1.82, 2.24) is 19.9 Å². The molecule has 1 aromatic carbocycles. The number of nitrogens with one attached hydrogen (secondary N) is 1. The molecule has 0 bridgehead atoms. The molecular formula is C21H25N5O. The minimum atomic E-state index is -0.00608. The van der Waals surface area contributed by atoms with Gasteiger partial charge in [0.15, 0.2) is 0 Å². The van der Waals surface area contributed by atoms with Crippen molar-refractivity contribution in [2.75, 3.05) is 6.54 Å². The predicted molar refractivity (Wildman–Crippen MR) is 105 cm³/mol. The summed E-state index contributed by atoms with van der Waals surface area (Å²) in [5, 5.41) is 0. The number of aromatic amines is 1. The molecule has 0 aliphatic heterocycles. The van der Waals surface area contributed by atoms with E-state index in [0.29, 0.717) is 25.9 Å². The van der Waals surface area contributed by atoms with Crippen molar-refractivity contribution in [1.29, 1.82) is 0 Å². The molecular weight excluding hydrogens is 338 g/mol. The lowest BCUT2D eigenvalue weighted by atomic mass is 9.90. The van der Waals surface area contributed by atoms with Gasteiger partial charge in [-0.25, -0.2) is 4.98 Å². The summed E-state index contributed by atoms with van der Waals surface area (Å²) in [4.78, 5) is 27.6. The molecule has 6 nitrogen and oxygen atoms in total. The number of nitrogens with two attached hydrogens (primary N) is 1. The summed E-state index contributed by atoms with van der Waals surface area (Å²) in [7, 11) is 0. The van der Waals surface area contributed by atoms with E-state index in [-0.39, 0.29) is 11.9 Å². The number of pyridine rings is 1. The van der Waals surface area contributed by atoms with Gasteiger partial charge in [-0.2, -0.15) is 0 Å². The van der Waals surface area contributed by atoms with E-state index in [2.05, 4.69) is 21.0 Å². The summed E-state index contributed by atoms with van der Waals surface area (Å²) in [5.41, 5.74) is 9.82. The maximum Gasteiger partial charge on any atom is 0.223 e. The fourth-order valence-corrected chi connectivity index (χ4v) is 3.90. The first-order chi connectivity index (χ1) is 13.3. The largest absolute Gasteiger partial charge is 0.340 e. The average molecular weight is 363 g/mol. The number of carbonyl (C=O) groups is 1. The minimum absolute atomic E-state index is 0.00608. The zero-order valence-electron chi connectivity index (χ0n) is 15.4. The molecule has 0 spiro atoms. The zero-order valence-corrected chi connectivity index (χ0v) is 15.4. The molecule has 140 valence electrons. The molecule has 3 aromatic rings. The number of H-pyrrole nitrogens is 1. The van der Waals surface area contributed by atoms with Crippen molar-refractivity contribution in [3.05, 3.63) is 59.7 Å². The van der Waals surface area contributed by atoms with E-state index >= 15 is 0 Å². The number of aryl methyl sites for hydroxylation is 1. The second-order valence-corrected chi connectivity index (χ2v) is 7.07. The van der Waals surface area contributed by atoms with Gasteiger partial charge in [0, 0.05) is 12.6 Å². The van der Waals surface area contributed by atoms with Gasteiger partial charge in [-0.05, 0) is 56.0 Å². The fraction of sp³-hybridized carbons (Fsp3) is 0.381. The van der Waals surface area contributed by atoms with Crippen LogP contribution in [0.15, 0.2) is 42.6 Å². The standard InChI is InChI=1S/C21H25N5O/c22-12-4-11-20(27)26(14-19-24-16-8-1-2-9-17(16)25-19)18-10-3-6-15-7-5-13-23-21(15)18/h1-2,5,7-9,13,18H,3-4,6,10-12,14,22H2,(H,24,25). The topological polar surface area (TPSA) is 87.9 Å². The maximum atomic E-state index is 13.0. The lowest BCUT2D eigenvalue weighted by Crippen LogP contribution is -2.37. The molecule has 0 saturated heterocycles. The fourth-order valence-electron chi connectivity index (χ4n) is 3.90. The van der Waals surface area contributed by atoms with Crippen LogP contribution in [0.1, 0.15) is 48.8 Å². The maximum absolute atomic E-state index is 13.0. The van der Waals surface area contributed by atoms with Crippen LogP contribution < -0.4 is 5.73 Å². The van der Waals surface area contributed by atoms with E-state index in [9.17, 15) is 4.79 Å². The Hall–Kier alpha value is -2.73. The van der Waals surface area contributed by atoms with Crippen molar-refractivity contribution in [2.24, 2.45) is 5.73 Å². The Morgan fingerprint density at radius 3 is 3.00 bits per heavy atom. The smallest absolute Gasteiger partial charge is 0.223 e. The Morgan fingerprint density at radius 1 is 1.26 bits per heavy atom. The predicted octanol–water partition coefficient (Wildman–Crippen LogP) is 3.10. The quantitative estimate of drug-likeness (QED) is 0.704. The van der Waals surface area contributed by atoms with Crippen LogP contribution in [0.5, 0.6) is 0 Å². The van der Waals surface area contributed by atoms with Crippen LogP contribution >= 0.6 is 0 Å². The molecule has 2 aromatic heterocycles. The Balaban J connectivity index is 1.66. The lowest BCUT2D eigenvalue weighted by molar-refractivity contribution is -0.135. The molecule has 4 rings (SSSR count). The van der Waals surface area contributed by atoms with E-state index in [4.69, 9.17) is 5.73 Å². The number of benzene rings is 1. The van der Waals surface area contributed by atoms with Crippen molar-refractivity contribution in [2.45, 2.75) is 44.7 Å². The van der Waals surface area contributed by atoms with Crippen LogP contribution in [0, 0.1) is 0 Å². The summed E-state index contributed by atoms with van der Waals surface area (Å²) in [6.45, 7) is 0.975. The Labute approximate surface area is 158 Å². The van der Waals surface area contributed by atoms with Crippen LogP contribution in [0.25, 0.3) is 11.0 Å². The van der Waals surface area contributed by atoms with Gasteiger partial charge in [0.1, 0.15) is 5.82 Å². The number of carbonyl (C=O) groups excluding carboxylic acids is 1. The van der Waals surface area contributed by atoms with E-state index in [1.54, 1.807) is 0 Å². The molecule has 2 heterocycles. The Morgan fingerprint density at radius 2 is 2.15 bits per heavy atom. The summed E-state index contributed by atoms with van der Waals surface area (Å²) >= 11 is 0. The van der Waals surface area contributed by atoms with Gasteiger partial charge >= 0.3 is 0 Å². The Kier molecular flexibility index (Phi) is 5.16. The molecule has 0 radical (unpaired) electrons. The monoisotopic (exact) mass is 363 g/mol. The third-order valence-electron chi connectivity index (χ3n) is 5.22. The zero-order chi connectivity index (χ0) is 18.6. The third-order valence-corrected chi connectivity index (χ3v) is 5.22. The number of para-hydroxylation sites is 2. The molecule has 1 amide bonds. The summed E-state index contributed by atoms with van der Waals surface area (Å²) in [5.74, 6) is 0.921. The van der Waals surface area contributed by atoms with Gasteiger partial charge in [-0.1, -0.05) is 18.2 Å². The number of hydrogen-bond donors (Lipinski definition) is 2. The van der Waals surface area contributed by atoms with Gasteiger partial charge in [-0.15, -0.1) is 0 Å². The van der Waals surface area contributed by atoms with Gasteiger partial charge in [0.05, 0.1) is 29.3 Å². The highest BCUT2D eigenvalue weighted by Crippen LogP contribution is 2.34. The second-order valence-electron chi connectivity index (χ2n) is 7.07.